The maximum absolute atomic E-state index is 3.81. The Morgan fingerprint density at radius 1 is 1.40 bits per heavy atom. The van der Waals surface area contributed by atoms with E-state index in [4.69, 9.17) is 0 Å². The van der Waals surface area contributed by atoms with Crippen molar-refractivity contribution in [2.24, 2.45) is 0 Å². The largest absolute Gasteiger partial charge is 0.358 e. The van der Waals surface area contributed by atoms with Gasteiger partial charge in [0.15, 0.2) is 0 Å². The maximum Gasteiger partial charge on any atom is 0.0739 e. The lowest BCUT2D eigenvalue weighted by molar-refractivity contribution is -0.368. The summed E-state index contributed by atoms with van der Waals surface area (Å²) in [5, 5.41) is 0. The van der Waals surface area contributed by atoms with Gasteiger partial charge in [0.05, 0.1) is 6.54 Å². The van der Waals surface area contributed by atoms with Crippen molar-refractivity contribution in [3.63, 3.8) is 0 Å². The zero-order chi connectivity index (χ0) is 7.23. The fourth-order valence-corrected chi connectivity index (χ4v) is 1.21. The quantitative estimate of drug-likeness (QED) is 0.567. The van der Waals surface area contributed by atoms with Crippen LogP contribution < -0.4 is 5.73 Å². The number of unbranched alkanes of at least 4 members (excludes halogenated alkanes) is 1. The van der Waals surface area contributed by atoms with Gasteiger partial charge >= 0.3 is 0 Å². The highest BCUT2D eigenvalue weighted by Gasteiger charge is 1.97. The standard InChI is InChI=1S/C9H15N/c10-8-4-3-7-9-5-1-2-6-9/h1-2,5H,3-4,6-8,10H2/p+1. The second-order valence-electron chi connectivity index (χ2n) is 2.77. The highest BCUT2D eigenvalue weighted by Crippen LogP contribution is 2.16. The second kappa shape index (κ2) is 4.29. The Balaban J connectivity index is 2.04. The van der Waals surface area contributed by atoms with E-state index in [1.54, 1.807) is 5.57 Å². The molecule has 0 bridgehead atoms. The lowest BCUT2D eigenvalue weighted by Gasteiger charge is -1.97. The van der Waals surface area contributed by atoms with Crippen LogP contribution >= 0.6 is 0 Å². The number of rotatable bonds is 4. The zero-order valence-electron chi connectivity index (χ0n) is 6.47. The monoisotopic (exact) mass is 138 g/mol. The molecule has 0 aromatic carbocycles. The predicted octanol–water partition coefficient (Wildman–Crippen LogP) is 1.28. The summed E-state index contributed by atoms with van der Waals surface area (Å²) in [6, 6.07) is 0. The van der Waals surface area contributed by atoms with E-state index in [-0.39, 0.29) is 0 Å². The second-order valence-corrected chi connectivity index (χ2v) is 2.77. The minimum atomic E-state index is 1.08. The molecule has 0 amide bonds. The van der Waals surface area contributed by atoms with Gasteiger partial charge in [0.1, 0.15) is 0 Å². The fraction of sp³-hybridized carbons (Fsp3) is 0.556. The third kappa shape index (κ3) is 2.36. The molecular formula is C9H16N+. The van der Waals surface area contributed by atoms with Gasteiger partial charge in [-0.05, 0) is 25.7 Å². The number of hydrogen-bond donors (Lipinski definition) is 1. The van der Waals surface area contributed by atoms with Crippen molar-refractivity contribution in [3.05, 3.63) is 23.8 Å². The Kier molecular flexibility index (Phi) is 3.23. The Morgan fingerprint density at radius 3 is 2.90 bits per heavy atom. The summed E-state index contributed by atoms with van der Waals surface area (Å²) < 4.78 is 0. The SMILES string of the molecule is [NH3+]CCCCC1=CC=CC1. The van der Waals surface area contributed by atoms with Crippen molar-refractivity contribution in [2.45, 2.75) is 25.7 Å². The molecule has 0 aliphatic heterocycles. The van der Waals surface area contributed by atoms with Crippen LogP contribution in [0.3, 0.4) is 0 Å². The Bertz CT molecular complexity index is 145. The smallest absolute Gasteiger partial charge is 0.0739 e. The first-order valence-corrected chi connectivity index (χ1v) is 4.07. The van der Waals surface area contributed by atoms with Crippen molar-refractivity contribution in [1.29, 1.82) is 0 Å². The minimum Gasteiger partial charge on any atom is -0.358 e. The third-order valence-electron chi connectivity index (χ3n) is 1.85. The van der Waals surface area contributed by atoms with E-state index >= 15 is 0 Å². The highest BCUT2D eigenvalue weighted by molar-refractivity contribution is 5.22. The van der Waals surface area contributed by atoms with E-state index in [1.165, 1.54) is 25.7 Å². The first-order valence-electron chi connectivity index (χ1n) is 4.07. The molecule has 1 heteroatoms. The van der Waals surface area contributed by atoms with E-state index in [0.29, 0.717) is 0 Å². The molecule has 3 N–H and O–H groups in total. The number of hydrogen-bond acceptors (Lipinski definition) is 0. The van der Waals surface area contributed by atoms with E-state index in [2.05, 4.69) is 24.0 Å². The van der Waals surface area contributed by atoms with Crippen LogP contribution in [0.25, 0.3) is 0 Å². The van der Waals surface area contributed by atoms with Crippen LogP contribution in [0.2, 0.25) is 0 Å². The Labute approximate surface area is 62.6 Å². The van der Waals surface area contributed by atoms with Gasteiger partial charge in [0, 0.05) is 0 Å². The van der Waals surface area contributed by atoms with Gasteiger partial charge in [-0.3, -0.25) is 0 Å². The average Bonchev–Trinajstić information content (AvgIpc) is 2.41. The van der Waals surface area contributed by atoms with Gasteiger partial charge in [-0.25, -0.2) is 0 Å². The number of quaternary nitrogens is 1. The van der Waals surface area contributed by atoms with Crippen molar-refractivity contribution in [3.8, 4) is 0 Å². The lowest BCUT2D eigenvalue weighted by atomic mass is 10.1. The summed E-state index contributed by atoms with van der Waals surface area (Å²) in [7, 11) is 0. The normalized spacial score (nSPS) is 15.9. The molecule has 1 nitrogen and oxygen atoms in total. The van der Waals surface area contributed by atoms with Crippen LogP contribution in [0.5, 0.6) is 0 Å². The van der Waals surface area contributed by atoms with Gasteiger partial charge < -0.3 is 5.73 Å². The van der Waals surface area contributed by atoms with Gasteiger partial charge in [-0.15, -0.1) is 0 Å². The van der Waals surface area contributed by atoms with E-state index in [1.807, 2.05) is 0 Å². The van der Waals surface area contributed by atoms with Gasteiger partial charge in [0.2, 0.25) is 0 Å². The first kappa shape index (κ1) is 7.55. The fourth-order valence-electron chi connectivity index (χ4n) is 1.21. The molecule has 0 saturated heterocycles. The molecule has 1 aliphatic carbocycles. The van der Waals surface area contributed by atoms with Crippen LogP contribution in [0, 0.1) is 0 Å². The molecule has 1 rings (SSSR count). The zero-order valence-corrected chi connectivity index (χ0v) is 6.47. The maximum atomic E-state index is 3.81. The van der Waals surface area contributed by atoms with Gasteiger partial charge in [0.25, 0.3) is 0 Å². The molecule has 56 valence electrons. The topological polar surface area (TPSA) is 27.6 Å². The lowest BCUT2D eigenvalue weighted by Crippen LogP contribution is -2.50. The number of allylic oxidation sites excluding steroid dienone is 4. The molecule has 0 atom stereocenters. The van der Waals surface area contributed by atoms with Crippen molar-refractivity contribution in [2.75, 3.05) is 6.54 Å². The Morgan fingerprint density at radius 2 is 2.30 bits per heavy atom. The molecule has 0 radical (unpaired) electrons. The summed E-state index contributed by atoms with van der Waals surface area (Å²) in [6.07, 6.45) is 11.7. The average molecular weight is 138 g/mol. The predicted molar refractivity (Wildman–Crippen MR) is 43.4 cm³/mol. The molecule has 0 spiro atoms. The molecule has 1 aliphatic rings. The van der Waals surface area contributed by atoms with E-state index in [9.17, 15) is 0 Å². The minimum absolute atomic E-state index is 1.08. The van der Waals surface area contributed by atoms with E-state index < -0.39 is 0 Å². The van der Waals surface area contributed by atoms with Crippen molar-refractivity contribution < 1.29 is 5.73 Å². The van der Waals surface area contributed by atoms with Gasteiger partial charge in [-0.1, -0.05) is 23.8 Å². The van der Waals surface area contributed by atoms with Crippen LogP contribution in [0.1, 0.15) is 25.7 Å². The van der Waals surface area contributed by atoms with Crippen LogP contribution in [0.15, 0.2) is 23.8 Å². The molecule has 0 unspecified atom stereocenters. The third-order valence-corrected chi connectivity index (χ3v) is 1.85. The first-order chi connectivity index (χ1) is 4.93. The van der Waals surface area contributed by atoms with Crippen molar-refractivity contribution in [1.82, 2.24) is 0 Å². The van der Waals surface area contributed by atoms with Crippen LogP contribution in [-0.2, 0) is 0 Å². The van der Waals surface area contributed by atoms with Crippen LogP contribution in [-0.4, -0.2) is 6.54 Å². The van der Waals surface area contributed by atoms with Gasteiger partial charge in [-0.2, -0.15) is 0 Å². The summed E-state index contributed by atoms with van der Waals surface area (Å²) in [4.78, 5) is 0. The summed E-state index contributed by atoms with van der Waals surface area (Å²) in [5.74, 6) is 0. The summed E-state index contributed by atoms with van der Waals surface area (Å²) in [6.45, 7) is 1.08. The molecule has 0 aromatic rings. The molecular weight excluding hydrogens is 122 g/mol. The summed E-state index contributed by atoms with van der Waals surface area (Å²) >= 11 is 0. The van der Waals surface area contributed by atoms with Crippen molar-refractivity contribution >= 4 is 0 Å². The van der Waals surface area contributed by atoms with Crippen LogP contribution in [0.4, 0.5) is 0 Å². The van der Waals surface area contributed by atoms with E-state index in [0.717, 1.165) is 6.54 Å². The summed E-state index contributed by atoms with van der Waals surface area (Å²) in [5.41, 5.74) is 5.41. The molecule has 0 aromatic heterocycles. The molecule has 0 saturated carbocycles. The molecule has 10 heavy (non-hydrogen) atoms. The Hall–Kier alpha value is -0.560. The highest BCUT2D eigenvalue weighted by atomic mass is 14.5. The molecule has 0 heterocycles. The molecule has 0 fully saturated rings.